The minimum atomic E-state index is -1.69. The van der Waals surface area contributed by atoms with Crippen molar-refractivity contribution in [2.24, 2.45) is 0 Å². The van der Waals surface area contributed by atoms with Crippen LogP contribution in [0, 0.1) is 0 Å². The molecule has 0 aromatic heterocycles. The molecule has 0 saturated carbocycles. The van der Waals surface area contributed by atoms with Gasteiger partial charge in [0, 0.05) is 6.42 Å². The van der Waals surface area contributed by atoms with Crippen molar-refractivity contribution in [1.82, 2.24) is 0 Å². The van der Waals surface area contributed by atoms with Gasteiger partial charge in [0.25, 0.3) is 0 Å². The monoisotopic (exact) mass is 134 g/mol. The van der Waals surface area contributed by atoms with Crippen molar-refractivity contribution in [2.45, 2.75) is 18.3 Å². The van der Waals surface area contributed by atoms with E-state index in [1.165, 1.54) is 0 Å². The molecule has 1 aliphatic heterocycles. The number of rotatable bonds is 1. The van der Waals surface area contributed by atoms with Crippen LogP contribution in [0.15, 0.2) is 0 Å². The topological polar surface area (TPSA) is 69.9 Å². The summed E-state index contributed by atoms with van der Waals surface area (Å²) < 4.78 is 4.66. The van der Waals surface area contributed by atoms with Gasteiger partial charge in [-0.3, -0.25) is 0 Å². The highest BCUT2D eigenvalue weighted by atomic mass is 16.7. The van der Waals surface area contributed by atoms with E-state index in [4.69, 9.17) is 15.3 Å². The molecule has 0 aliphatic carbocycles. The van der Waals surface area contributed by atoms with E-state index in [1.807, 2.05) is 0 Å². The Bertz CT molecular complexity index is 105. The maximum absolute atomic E-state index is 9.05. The summed E-state index contributed by atoms with van der Waals surface area (Å²) in [5.41, 5.74) is 0. The second-order valence-electron chi connectivity index (χ2n) is 2.16. The van der Waals surface area contributed by atoms with Crippen molar-refractivity contribution in [3.05, 3.63) is 0 Å². The fourth-order valence-corrected chi connectivity index (χ4v) is 0.820. The van der Waals surface area contributed by atoms with Crippen LogP contribution in [0.1, 0.15) is 6.42 Å². The van der Waals surface area contributed by atoms with Crippen LogP contribution in [-0.2, 0) is 4.74 Å². The van der Waals surface area contributed by atoms with E-state index in [0.29, 0.717) is 13.0 Å². The molecule has 0 spiro atoms. The number of ether oxygens (including phenoxy) is 1. The molecule has 1 unspecified atom stereocenters. The predicted octanol–water partition coefficient (Wildman–Crippen LogP) is -1.55. The molecule has 9 heavy (non-hydrogen) atoms. The van der Waals surface area contributed by atoms with Gasteiger partial charge >= 0.3 is 0 Å². The molecular formula is C5H10O4. The van der Waals surface area contributed by atoms with E-state index in [0.717, 1.165) is 0 Å². The van der Waals surface area contributed by atoms with Crippen LogP contribution in [0.2, 0.25) is 0 Å². The molecule has 1 saturated heterocycles. The van der Waals surface area contributed by atoms with Crippen LogP contribution in [0.25, 0.3) is 0 Å². The Hall–Kier alpha value is -0.160. The fraction of sp³-hybridized carbons (Fsp3) is 1.00. The first-order valence-electron chi connectivity index (χ1n) is 2.84. The van der Waals surface area contributed by atoms with Gasteiger partial charge in [-0.15, -0.1) is 0 Å². The van der Waals surface area contributed by atoms with Crippen LogP contribution < -0.4 is 0 Å². The second-order valence-corrected chi connectivity index (χ2v) is 2.16. The molecule has 1 rings (SSSR count). The van der Waals surface area contributed by atoms with E-state index in [1.54, 1.807) is 0 Å². The lowest BCUT2D eigenvalue weighted by atomic mass is 10.1. The van der Waals surface area contributed by atoms with Gasteiger partial charge < -0.3 is 20.1 Å². The lowest BCUT2D eigenvalue weighted by molar-refractivity contribution is -0.232. The van der Waals surface area contributed by atoms with Crippen molar-refractivity contribution in [3.63, 3.8) is 0 Å². The highest BCUT2D eigenvalue weighted by Crippen LogP contribution is 2.21. The molecule has 0 aromatic carbocycles. The first kappa shape index (κ1) is 6.95. The number of aliphatic hydroxyl groups is 3. The SMILES string of the molecule is OCC1(O)OCC[C@@H]1O. The summed E-state index contributed by atoms with van der Waals surface area (Å²) in [7, 11) is 0. The van der Waals surface area contributed by atoms with E-state index in [2.05, 4.69) is 4.74 Å². The van der Waals surface area contributed by atoms with Crippen molar-refractivity contribution in [3.8, 4) is 0 Å². The molecule has 1 heterocycles. The quantitative estimate of drug-likeness (QED) is 0.406. The zero-order valence-electron chi connectivity index (χ0n) is 4.95. The maximum Gasteiger partial charge on any atom is 0.216 e. The van der Waals surface area contributed by atoms with Crippen LogP contribution in [0.4, 0.5) is 0 Å². The Kier molecular flexibility index (Phi) is 1.72. The summed E-state index contributed by atoms with van der Waals surface area (Å²) >= 11 is 0. The summed E-state index contributed by atoms with van der Waals surface area (Å²) in [6.07, 6.45) is -0.556. The van der Waals surface area contributed by atoms with Crippen LogP contribution in [0.3, 0.4) is 0 Å². The van der Waals surface area contributed by atoms with E-state index < -0.39 is 18.5 Å². The van der Waals surface area contributed by atoms with Gasteiger partial charge in [0.15, 0.2) is 0 Å². The molecule has 3 N–H and O–H groups in total. The van der Waals surface area contributed by atoms with Crippen molar-refractivity contribution >= 4 is 0 Å². The molecule has 0 amide bonds. The third-order valence-electron chi connectivity index (χ3n) is 1.49. The Morgan fingerprint density at radius 2 is 2.33 bits per heavy atom. The second kappa shape index (κ2) is 2.22. The molecule has 4 nitrogen and oxygen atoms in total. The summed E-state index contributed by atoms with van der Waals surface area (Å²) in [6, 6.07) is 0. The average Bonchev–Trinajstić information content (AvgIpc) is 2.15. The average molecular weight is 134 g/mol. The Morgan fingerprint density at radius 1 is 1.67 bits per heavy atom. The largest absolute Gasteiger partial charge is 0.391 e. The zero-order chi connectivity index (χ0) is 6.91. The standard InChI is InChI=1S/C5H10O4/c6-3-5(8)4(7)1-2-9-5/h4,6-8H,1-3H2/t4-,5?/m0/s1. The van der Waals surface area contributed by atoms with Crippen LogP contribution in [-0.4, -0.2) is 40.4 Å². The molecular weight excluding hydrogens is 124 g/mol. The molecule has 1 aliphatic rings. The first-order chi connectivity index (χ1) is 4.19. The summed E-state index contributed by atoms with van der Waals surface area (Å²) in [5, 5.41) is 26.4. The minimum absolute atomic E-state index is 0.304. The normalized spacial score (nSPS) is 43.7. The fourth-order valence-electron chi connectivity index (χ4n) is 0.820. The molecule has 0 bridgehead atoms. The van der Waals surface area contributed by atoms with Gasteiger partial charge in [-0.2, -0.15) is 0 Å². The third-order valence-corrected chi connectivity index (χ3v) is 1.49. The van der Waals surface area contributed by atoms with Crippen molar-refractivity contribution in [2.75, 3.05) is 13.2 Å². The Morgan fingerprint density at radius 3 is 2.56 bits per heavy atom. The predicted molar refractivity (Wildman–Crippen MR) is 28.6 cm³/mol. The zero-order valence-corrected chi connectivity index (χ0v) is 4.95. The van der Waals surface area contributed by atoms with Gasteiger partial charge in [0.1, 0.15) is 6.10 Å². The van der Waals surface area contributed by atoms with Crippen LogP contribution in [0.5, 0.6) is 0 Å². The van der Waals surface area contributed by atoms with Gasteiger partial charge in [0.2, 0.25) is 5.79 Å². The van der Waals surface area contributed by atoms with Gasteiger partial charge in [-0.1, -0.05) is 0 Å². The molecule has 4 heteroatoms. The Labute approximate surface area is 52.7 Å². The first-order valence-corrected chi connectivity index (χ1v) is 2.84. The van der Waals surface area contributed by atoms with E-state index in [9.17, 15) is 0 Å². The van der Waals surface area contributed by atoms with Gasteiger partial charge in [-0.05, 0) is 0 Å². The summed E-state index contributed by atoms with van der Waals surface area (Å²) in [4.78, 5) is 0. The molecule has 2 atom stereocenters. The smallest absolute Gasteiger partial charge is 0.216 e. The lowest BCUT2D eigenvalue weighted by Crippen LogP contribution is -2.42. The summed E-state index contributed by atoms with van der Waals surface area (Å²) in [5.74, 6) is -1.69. The van der Waals surface area contributed by atoms with Crippen molar-refractivity contribution in [1.29, 1.82) is 0 Å². The maximum atomic E-state index is 9.05. The van der Waals surface area contributed by atoms with Gasteiger partial charge in [-0.25, -0.2) is 0 Å². The number of aliphatic hydroxyl groups excluding tert-OH is 2. The lowest BCUT2D eigenvalue weighted by Gasteiger charge is -2.21. The van der Waals surface area contributed by atoms with Crippen LogP contribution >= 0.6 is 0 Å². The van der Waals surface area contributed by atoms with E-state index >= 15 is 0 Å². The molecule has 0 aromatic rings. The molecule has 54 valence electrons. The highest BCUT2D eigenvalue weighted by Gasteiger charge is 2.40. The van der Waals surface area contributed by atoms with Crippen molar-refractivity contribution < 1.29 is 20.1 Å². The summed E-state index contributed by atoms with van der Waals surface area (Å²) in [6.45, 7) is -0.244. The van der Waals surface area contributed by atoms with Gasteiger partial charge in [0.05, 0.1) is 13.2 Å². The number of hydrogen-bond acceptors (Lipinski definition) is 4. The minimum Gasteiger partial charge on any atom is -0.391 e. The Balaban J connectivity index is 2.56. The van der Waals surface area contributed by atoms with E-state index in [-0.39, 0.29) is 0 Å². The molecule has 1 fully saturated rings. The molecule has 0 radical (unpaired) electrons. The highest BCUT2D eigenvalue weighted by molar-refractivity contribution is 4.81. The number of hydrogen-bond donors (Lipinski definition) is 3. The third kappa shape index (κ3) is 1.07.